The van der Waals surface area contributed by atoms with Gasteiger partial charge in [-0.25, -0.2) is 4.79 Å². The Bertz CT molecular complexity index is 501. The molecule has 0 heterocycles. The van der Waals surface area contributed by atoms with Gasteiger partial charge in [0, 0.05) is 18.7 Å². The Hall–Kier alpha value is -1.95. The Morgan fingerprint density at radius 2 is 1.76 bits per heavy atom. The van der Waals surface area contributed by atoms with Crippen LogP contribution in [0.5, 0.6) is 0 Å². The number of nitro benzene ring substituents is 1. The topological polar surface area (TPSA) is 72.7 Å². The number of hydrogen-bond acceptors (Lipinski definition) is 5. The van der Waals surface area contributed by atoms with Crippen molar-refractivity contribution in [3.63, 3.8) is 0 Å². The van der Waals surface area contributed by atoms with Crippen molar-refractivity contribution in [3.05, 3.63) is 38.9 Å². The van der Waals surface area contributed by atoms with Gasteiger partial charge in [0.25, 0.3) is 5.69 Å². The van der Waals surface area contributed by atoms with Gasteiger partial charge >= 0.3 is 5.97 Å². The molecular formula is C15H22N2O4. The molecule has 0 amide bonds. The van der Waals surface area contributed by atoms with Crippen molar-refractivity contribution in [2.75, 3.05) is 26.2 Å². The Morgan fingerprint density at radius 1 is 1.24 bits per heavy atom. The van der Waals surface area contributed by atoms with Crippen LogP contribution in [0.15, 0.2) is 12.1 Å². The van der Waals surface area contributed by atoms with Gasteiger partial charge in [-0.1, -0.05) is 13.8 Å². The first-order valence-corrected chi connectivity index (χ1v) is 7.05. The number of non-ortho nitro benzene ring substituents is 1. The Morgan fingerprint density at radius 3 is 2.19 bits per heavy atom. The van der Waals surface area contributed by atoms with Crippen LogP contribution < -0.4 is 0 Å². The number of likely N-dealkylation sites (N-methyl/N-ethyl adjacent to an activating group) is 1. The van der Waals surface area contributed by atoms with E-state index in [1.54, 1.807) is 13.8 Å². The maximum atomic E-state index is 12.1. The van der Waals surface area contributed by atoms with Gasteiger partial charge < -0.3 is 9.64 Å². The Labute approximate surface area is 124 Å². The van der Waals surface area contributed by atoms with Crippen molar-refractivity contribution in [3.8, 4) is 0 Å². The van der Waals surface area contributed by atoms with E-state index in [1.165, 1.54) is 12.1 Å². The molecule has 0 saturated heterocycles. The quantitative estimate of drug-likeness (QED) is 0.439. The monoisotopic (exact) mass is 294 g/mol. The van der Waals surface area contributed by atoms with Crippen molar-refractivity contribution >= 4 is 11.7 Å². The number of aryl methyl sites for hydroxylation is 2. The van der Waals surface area contributed by atoms with Crippen LogP contribution in [0.25, 0.3) is 0 Å². The Balaban J connectivity index is 2.77. The molecular weight excluding hydrogens is 272 g/mol. The number of benzene rings is 1. The second-order valence-electron chi connectivity index (χ2n) is 4.87. The maximum absolute atomic E-state index is 12.1. The van der Waals surface area contributed by atoms with Crippen LogP contribution in [0, 0.1) is 24.0 Å². The fraction of sp³-hybridized carbons (Fsp3) is 0.533. The number of ether oxygens (including phenoxy) is 1. The van der Waals surface area contributed by atoms with E-state index < -0.39 is 10.9 Å². The summed E-state index contributed by atoms with van der Waals surface area (Å²) in [6.07, 6.45) is 0. The second-order valence-corrected chi connectivity index (χ2v) is 4.87. The van der Waals surface area contributed by atoms with Crippen LogP contribution in [-0.4, -0.2) is 42.0 Å². The van der Waals surface area contributed by atoms with Crippen LogP contribution in [0.3, 0.4) is 0 Å². The molecule has 6 nitrogen and oxygen atoms in total. The lowest BCUT2D eigenvalue weighted by atomic mass is 10.0. The number of nitro groups is 1. The summed E-state index contributed by atoms with van der Waals surface area (Å²) in [6.45, 7) is 10.3. The molecule has 0 bridgehead atoms. The van der Waals surface area contributed by atoms with E-state index in [-0.39, 0.29) is 5.69 Å². The summed E-state index contributed by atoms with van der Waals surface area (Å²) in [5, 5.41) is 10.8. The Kier molecular flexibility index (Phi) is 6.30. The molecule has 0 aliphatic carbocycles. The van der Waals surface area contributed by atoms with Crippen molar-refractivity contribution < 1.29 is 14.5 Å². The standard InChI is InChI=1S/C15H22N2O4/c1-5-16(6-2)7-8-21-15(18)14-11(3)9-13(17(19)20)10-12(14)4/h9-10H,5-8H2,1-4H3. The third-order valence-electron chi connectivity index (χ3n) is 3.47. The summed E-state index contributed by atoms with van der Waals surface area (Å²) >= 11 is 0. The fourth-order valence-electron chi connectivity index (χ4n) is 2.25. The van der Waals surface area contributed by atoms with Gasteiger partial charge in [0.05, 0.1) is 10.5 Å². The van der Waals surface area contributed by atoms with E-state index >= 15 is 0 Å². The molecule has 1 aromatic carbocycles. The number of carbonyl (C=O) groups is 1. The summed E-state index contributed by atoms with van der Waals surface area (Å²) in [4.78, 5) is 24.6. The van der Waals surface area contributed by atoms with Crippen LogP contribution in [0.4, 0.5) is 5.69 Å². The third-order valence-corrected chi connectivity index (χ3v) is 3.47. The number of hydrogen-bond donors (Lipinski definition) is 0. The molecule has 0 aliphatic heterocycles. The lowest BCUT2D eigenvalue weighted by Gasteiger charge is -2.18. The van der Waals surface area contributed by atoms with Gasteiger partial charge in [0.1, 0.15) is 6.61 Å². The molecule has 0 saturated carbocycles. The van der Waals surface area contributed by atoms with Gasteiger partial charge in [-0.2, -0.15) is 0 Å². The first-order chi connectivity index (χ1) is 9.90. The average molecular weight is 294 g/mol. The van der Waals surface area contributed by atoms with Crippen molar-refractivity contribution in [1.82, 2.24) is 4.90 Å². The normalized spacial score (nSPS) is 10.7. The largest absolute Gasteiger partial charge is 0.461 e. The summed E-state index contributed by atoms with van der Waals surface area (Å²) in [5.74, 6) is -0.424. The maximum Gasteiger partial charge on any atom is 0.338 e. The van der Waals surface area contributed by atoms with Gasteiger partial charge in [0.15, 0.2) is 0 Å². The van der Waals surface area contributed by atoms with Crippen molar-refractivity contribution in [2.24, 2.45) is 0 Å². The fourth-order valence-corrected chi connectivity index (χ4v) is 2.25. The lowest BCUT2D eigenvalue weighted by Crippen LogP contribution is -2.28. The molecule has 0 fully saturated rings. The average Bonchev–Trinajstić information content (AvgIpc) is 2.42. The van der Waals surface area contributed by atoms with Crippen LogP contribution >= 0.6 is 0 Å². The molecule has 21 heavy (non-hydrogen) atoms. The molecule has 6 heteroatoms. The summed E-state index contributed by atoms with van der Waals surface area (Å²) in [5.41, 5.74) is 1.54. The first kappa shape index (κ1) is 17.1. The van der Waals surface area contributed by atoms with Gasteiger partial charge in [-0.15, -0.1) is 0 Å². The minimum atomic E-state index is -0.463. The highest BCUT2D eigenvalue weighted by Gasteiger charge is 2.18. The summed E-state index contributed by atoms with van der Waals surface area (Å²) < 4.78 is 5.27. The molecule has 0 radical (unpaired) electrons. The second kappa shape index (κ2) is 7.73. The molecule has 1 aromatic rings. The lowest BCUT2D eigenvalue weighted by molar-refractivity contribution is -0.384. The number of nitrogens with zero attached hydrogens (tertiary/aromatic N) is 2. The summed E-state index contributed by atoms with van der Waals surface area (Å²) in [6, 6.07) is 2.79. The highest BCUT2D eigenvalue weighted by Crippen LogP contribution is 2.22. The highest BCUT2D eigenvalue weighted by molar-refractivity contribution is 5.93. The number of carbonyl (C=O) groups excluding carboxylic acids is 1. The highest BCUT2D eigenvalue weighted by atomic mass is 16.6. The third kappa shape index (κ3) is 4.53. The van der Waals surface area contributed by atoms with Gasteiger partial charge in [-0.3, -0.25) is 10.1 Å². The van der Waals surface area contributed by atoms with E-state index in [4.69, 9.17) is 4.74 Å². The van der Waals surface area contributed by atoms with E-state index in [0.29, 0.717) is 29.8 Å². The van der Waals surface area contributed by atoms with Gasteiger partial charge in [0.2, 0.25) is 0 Å². The predicted octanol–water partition coefficient (Wildman–Crippen LogP) is 2.71. The van der Waals surface area contributed by atoms with Crippen LogP contribution in [-0.2, 0) is 4.74 Å². The zero-order valence-corrected chi connectivity index (χ0v) is 13.0. The molecule has 0 atom stereocenters. The molecule has 0 aromatic heterocycles. The van der Waals surface area contributed by atoms with E-state index in [0.717, 1.165) is 13.1 Å². The molecule has 0 aliphatic rings. The molecule has 1 rings (SSSR count). The summed E-state index contributed by atoms with van der Waals surface area (Å²) in [7, 11) is 0. The smallest absolute Gasteiger partial charge is 0.338 e. The van der Waals surface area contributed by atoms with E-state index in [1.807, 2.05) is 0 Å². The van der Waals surface area contributed by atoms with Crippen LogP contribution in [0.2, 0.25) is 0 Å². The zero-order chi connectivity index (χ0) is 16.0. The minimum absolute atomic E-state index is 0.00955. The minimum Gasteiger partial charge on any atom is -0.461 e. The van der Waals surface area contributed by atoms with Crippen LogP contribution in [0.1, 0.15) is 35.3 Å². The molecule has 0 N–H and O–H groups in total. The van der Waals surface area contributed by atoms with Gasteiger partial charge in [-0.05, 0) is 38.1 Å². The SMILES string of the molecule is CCN(CC)CCOC(=O)c1c(C)cc([N+](=O)[O-])cc1C. The first-order valence-electron chi connectivity index (χ1n) is 7.05. The molecule has 116 valence electrons. The van der Waals surface area contributed by atoms with E-state index in [9.17, 15) is 14.9 Å². The van der Waals surface area contributed by atoms with Crippen molar-refractivity contribution in [2.45, 2.75) is 27.7 Å². The number of rotatable bonds is 7. The molecule has 0 unspecified atom stereocenters. The van der Waals surface area contributed by atoms with E-state index in [2.05, 4.69) is 18.7 Å². The zero-order valence-electron chi connectivity index (χ0n) is 13.0. The van der Waals surface area contributed by atoms with Crippen molar-refractivity contribution in [1.29, 1.82) is 0 Å². The number of esters is 1. The molecule has 0 spiro atoms. The predicted molar refractivity (Wildman–Crippen MR) is 80.6 cm³/mol.